The molecular weight excluding hydrogens is 408 g/mol. The van der Waals surface area contributed by atoms with Gasteiger partial charge >= 0.3 is 0 Å². The summed E-state index contributed by atoms with van der Waals surface area (Å²) >= 11 is 0. The van der Waals surface area contributed by atoms with Crippen LogP contribution in [-0.4, -0.2) is 42.9 Å². The third-order valence-electron chi connectivity index (χ3n) is 5.53. The summed E-state index contributed by atoms with van der Waals surface area (Å²) in [7, 11) is 5.41. The highest BCUT2D eigenvalue weighted by atomic mass is 16.5. The highest BCUT2D eigenvalue weighted by molar-refractivity contribution is 6.46. The Morgan fingerprint density at radius 1 is 1.06 bits per heavy atom. The Labute approximate surface area is 186 Å². The van der Waals surface area contributed by atoms with Gasteiger partial charge in [-0.2, -0.15) is 0 Å². The molecule has 1 saturated heterocycles. The van der Waals surface area contributed by atoms with E-state index in [9.17, 15) is 14.7 Å². The Kier molecular flexibility index (Phi) is 5.73. The van der Waals surface area contributed by atoms with Gasteiger partial charge in [0.1, 0.15) is 17.3 Å². The lowest BCUT2D eigenvalue weighted by molar-refractivity contribution is -0.140. The smallest absolute Gasteiger partial charge is 0.296 e. The Bertz CT molecular complexity index is 1150. The molecule has 0 bridgehead atoms. The second kappa shape index (κ2) is 8.63. The quantitative estimate of drug-likeness (QED) is 0.360. The van der Waals surface area contributed by atoms with Crippen LogP contribution in [0.1, 0.15) is 22.9 Å². The molecule has 0 aliphatic carbocycles. The number of carbonyl (C=O) groups is 2. The molecule has 1 N–H and O–H groups in total. The number of amides is 1. The van der Waals surface area contributed by atoms with Crippen molar-refractivity contribution in [3.05, 3.63) is 89.4 Å². The van der Waals surface area contributed by atoms with Crippen LogP contribution in [0.25, 0.3) is 5.76 Å². The van der Waals surface area contributed by atoms with E-state index in [2.05, 4.69) is 0 Å². The molecule has 0 spiro atoms. The molecule has 2 heterocycles. The fraction of sp³-hybridized carbons (Fsp3) is 0.200. The molecule has 2 aromatic carbocycles. The van der Waals surface area contributed by atoms with Gasteiger partial charge in [0.05, 0.1) is 31.5 Å². The second-order valence-electron chi connectivity index (χ2n) is 7.72. The molecular formula is C25H24N2O5. The first-order valence-electron chi connectivity index (χ1n) is 10.1. The van der Waals surface area contributed by atoms with Gasteiger partial charge in [-0.3, -0.25) is 9.59 Å². The molecule has 1 amide bonds. The first-order valence-corrected chi connectivity index (χ1v) is 10.1. The third-order valence-corrected chi connectivity index (χ3v) is 5.53. The molecule has 4 rings (SSSR count). The van der Waals surface area contributed by atoms with Crippen molar-refractivity contribution in [2.45, 2.75) is 12.6 Å². The fourth-order valence-electron chi connectivity index (χ4n) is 3.82. The number of hydrogen-bond donors (Lipinski definition) is 1. The zero-order valence-electron chi connectivity index (χ0n) is 18.1. The Hall–Kier alpha value is -4.00. The topological polar surface area (TPSA) is 83.2 Å². The van der Waals surface area contributed by atoms with E-state index < -0.39 is 17.7 Å². The molecule has 7 heteroatoms. The third kappa shape index (κ3) is 3.85. The van der Waals surface area contributed by atoms with Gasteiger partial charge in [0.15, 0.2) is 0 Å². The number of aliphatic hydroxyl groups excluding tert-OH is 1. The number of hydrogen-bond acceptors (Lipinski definition) is 6. The highest BCUT2D eigenvalue weighted by Gasteiger charge is 2.46. The molecule has 0 saturated carbocycles. The summed E-state index contributed by atoms with van der Waals surface area (Å²) in [5.74, 6) is -0.471. The molecule has 3 aromatic rings. The zero-order valence-corrected chi connectivity index (χ0v) is 18.1. The van der Waals surface area contributed by atoms with Crippen molar-refractivity contribution < 1.29 is 23.8 Å². The molecule has 1 aliphatic rings. The molecule has 0 radical (unpaired) electrons. The summed E-state index contributed by atoms with van der Waals surface area (Å²) in [6, 6.07) is 17.0. The van der Waals surface area contributed by atoms with Crippen LogP contribution in [0.4, 0.5) is 5.69 Å². The molecule has 32 heavy (non-hydrogen) atoms. The van der Waals surface area contributed by atoms with E-state index in [1.165, 1.54) is 11.2 Å². The maximum atomic E-state index is 13.1. The number of Topliss-reactive ketones (excluding diaryl/α,β-unsaturated/α-hetero) is 1. The van der Waals surface area contributed by atoms with E-state index in [0.717, 1.165) is 11.3 Å². The maximum absolute atomic E-state index is 13.1. The summed E-state index contributed by atoms with van der Waals surface area (Å²) in [6.45, 7) is 0.108. The number of likely N-dealkylation sites (tertiary alicyclic amines) is 1. The predicted octanol–water partition coefficient (Wildman–Crippen LogP) is 3.98. The van der Waals surface area contributed by atoms with Crippen LogP contribution in [0.3, 0.4) is 0 Å². The number of anilines is 1. The Morgan fingerprint density at radius 2 is 1.75 bits per heavy atom. The van der Waals surface area contributed by atoms with Gasteiger partial charge in [0.25, 0.3) is 11.7 Å². The molecule has 1 fully saturated rings. The van der Waals surface area contributed by atoms with Crippen LogP contribution >= 0.6 is 0 Å². The van der Waals surface area contributed by atoms with Gasteiger partial charge in [0.2, 0.25) is 0 Å². The number of ether oxygens (including phenoxy) is 1. The van der Waals surface area contributed by atoms with Gasteiger partial charge < -0.3 is 24.1 Å². The van der Waals surface area contributed by atoms with Crippen LogP contribution in [-0.2, 0) is 16.1 Å². The van der Waals surface area contributed by atoms with Gasteiger partial charge in [-0.15, -0.1) is 0 Å². The minimum Gasteiger partial charge on any atom is -0.507 e. The maximum Gasteiger partial charge on any atom is 0.296 e. The number of aliphatic hydroxyl groups is 1. The molecule has 0 unspecified atom stereocenters. The SMILES string of the molecule is COc1ccc(/C(O)=C2\C(=O)C(=O)N(Cc3ccco3)[C@@H]2c2ccc(N(C)C)cc2)cc1. The van der Waals surface area contributed by atoms with Crippen molar-refractivity contribution in [1.82, 2.24) is 4.90 Å². The summed E-state index contributed by atoms with van der Waals surface area (Å²) in [6.07, 6.45) is 1.52. The van der Waals surface area contributed by atoms with Crippen LogP contribution in [0.15, 0.2) is 76.9 Å². The lowest BCUT2D eigenvalue weighted by atomic mass is 9.95. The van der Waals surface area contributed by atoms with Crippen molar-refractivity contribution in [3.8, 4) is 5.75 Å². The van der Waals surface area contributed by atoms with E-state index in [1.54, 1.807) is 43.5 Å². The monoisotopic (exact) mass is 432 g/mol. The number of rotatable bonds is 6. The van der Waals surface area contributed by atoms with Crippen molar-refractivity contribution in [2.75, 3.05) is 26.1 Å². The molecule has 1 aromatic heterocycles. The standard InChI is InChI=1S/C25H24N2O5/c1-26(2)18-10-6-16(7-11-18)22-21(23(28)17-8-12-19(31-3)13-9-17)24(29)25(30)27(22)15-20-5-4-14-32-20/h4-14,22,28H,15H2,1-3H3/b23-21+/t22-/m1/s1. The number of methoxy groups -OCH3 is 1. The summed E-state index contributed by atoms with van der Waals surface area (Å²) < 4.78 is 10.6. The number of nitrogens with zero attached hydrogens (tertiary/aromatic N) is 2. The van der Waals surface area contributed by atoms with E-state index in [1.807, 2.05) is 43.3 Å². The van der Waals surface area contributed by atoms with Crippen LogP contribution in [0.5, 0.6) is 5.75 Å². The Balaban J connectivity index is 1.83. The van der Waals surface area contributed by atoms with Gasteiger partial charge in [-0.25, -0.2) is 0 Å². The van der Waals surface area contributed by atoms with Crippen molar-refractivity contribution in [2.24, 2.45) is 0 Å². The number of ketones is 1. The molecule has 1 atom stereocenters. The van der Waals surface area contributed by atoms with Crippen molar-refractivity contribution in [1.29, 1.82) is 0 Å². The average molecular weight is 432 g/mol. The summed E-state index contributed by atoms with van der Waals surface area (Å²) in [4.78, 5) is 29.5. The minimum absolute atomic E-state index is 0.0457. The second-order valence-corrected chi connectivity index (χ2v) is 7.72. The van der Waals surface area contributed by atoms with Gasteiger partial charge in [-0.1, -0.05) is 12.1 Å². The summed E-state index contributed by atoms with van der Waals surface area (Å²) in [5.41, 5.74) is 2.17. The van der Waals surface area contributed by atoms with Gasteiger partial charge in [0, 0.05) is 25.3 Å². The zero-order chi connectivity index (χ0) is 22.8. The lowest BCUT2D eigenvalue weighted by Crippen LogP contribution is -2.29. The number of benzene rings is 2. The molecule has 164 valence electrons. The van der Waals surface area contributed by atoms with E-state index >= 15 is 0 Å². The normalized spacial score (nSPS) is 17.6. The molecule has 1 aliphatic heterocycles. The lowest BCUT2D eigenvalue weighted by Gasteiger charge is -2.25. The first kappa shape index (κ1) is 21.2. The number of carbonyl (C=O) groups excluding carboxylic acids is 2. The first-order chi connectivity index (χ1) is 15.4. The van der Waals surface area contributed by atoms with Crippen LogP contribution in [0, 0.1) is 0 Å². The number of furan rings is 1. The van der Waals surface area contributed by atoms with Crippen LogP contribution < -0.4 is 9.64 Å². The summed E-state index contributed by atoms with van der Waals surface area (Å²) in [5, 5.41) is 11.1. The predicted molar refractivity (Wildman–Crippen MR) is 120 cm³/mol. The van der Waals surface area contributed by atoms with Crippen LogP contribution in [0.2, 0.25) is 0 Å². The van der Waals surface area contributed by atoms with Gasteiger partial charge in [-0.05, 0) is 54.1 Å². The minimum atomic E-state index is -0.751. The largest absolute Gasteiger partial charge is 0.507 e. The molecule has 7 nitrogen and oxygen atoms in total. The Morgan fingerprint density at radius 3 is 2.31 bits per heavy atom. The van der Waals surface area contributed by atoms with E-state index in [0.29, 0.717) is 17.1 Å². The van der Waals surface area contributed by atoms with Crippen molar-refractivity contribution >= 4 is 23.1 Å². The van der Waals surface area contributed by atoms with Crippen molar-refractivity contribution in [3.63, 3.8) is 0 Å². The van der Waals surface area contributed by atoms with E-state index in [4.69, 9.17) is 9.15 Å². The fourth-order valence-corrected chi connectivity index (χ4v) is 3.82. The van der Waals surface area contributed by atoms with E-state index in [-0.39, 0.29) is 17.9 Å². The highest BCUT2D eigenvalue weighted by Crippen LogP contribution is 2.40. The average Bonchev–Trinajstić information content (AvgIpc) is 3.41.